The van der Waals surface area contributed by atoms with Crippen molar-refractivity contribution in [3.8, 4) is 0 Å². The van der Waals surface area contributed by atoms with Crippen LogP contribution in [0.2, 0.25) is 0 Å². The molecule has 0 aromatic carbocycles. The van der Waals surface area contributed by atoms with Crippen LogP contribution < -0.4 is 5.73 Å². The van der Waals surface area contributed by atoms with Gasteiger partial charge in [0.25, 0.3) is 0 Å². The summed E-state index contributed by atoms with van der Waals surface area (Å²) in [6.07, 6.45) is 4.84. The summed E-state index contributed by atoms with van der Waals surface area (Å²) in [6.45, 7) is 2.91. The van der Waals surface area contributed by atoms with Crippen LogP contribution in [0, 0.1) is 0 Å². The van der Waals surface area contributed by atoms with Gasteiger partial charge in [-0.05, 0) is 19.3 Å². The van der Waals surface area contributed by atoms with Crippen LogP contribution >= 0.6 is 0 Å². The van der Waals surface area contributed by atoms with Gasteiger partial charge < -0.3 is 15.0 Å². The van der Waals surface area contributed by atoms with Crippen LogP contribution in [0.3, 0.4) is 0 Å². The molecule has 0 bridgehead atoms. The minimum Gasteiger partial charge on any atom is -0.378 e. The number of hydrogen-bond acceptors (Lipinski definition) is 5. The minimum absolute atomic E-state index is 0.107. The van der Waals surface area contributed by atoms with E-state index in [0.717, 1.165) is 38.1 Å². The maximum absolute atomic E-state index is 5.83. The first-order valence-corrected chi connectivity index (χ1v) is 5.96. The summed E-state index contributed by atoms with van der Waals surface area (Å²) in [5.74, 6) is 1.38. The van der Waals surface area contributed by atoms with Crippen LogP contribution in [-0.4, -0.2) is 28.9 Å². The Labute approximate surface area is 95.3 Å². The number of ether oxygens (including phenoxy) is 1. The Kier molecular flexibility index (Phi) is 3.90. The molecule has 5 nitrogen and oxygen atoms in total. The first-order valence-electron chi connectivity index (χ1n) is 5.96. The van der Waals surface area contributed by atoms with Gasteiger partial charge in [0.1, 0.15) is 0 Å². The van der Waals surface area contributed by atoms with Crippen molar-refractivity contribution in [2.75, 3.05) is 6.61 Å². The molecule has 1 aliphatic heterocycles. The number of nitrogens with zero attached hydrogens (tertiary/aromatic N) is 2. The summed E-state index contributed by atoms with van der Waals surface area (Å²) >= 11 is 0. The number of rotatable bonds is 5. The Morgan fingerprint density at radius 2 is 2.44 bits per heavy atom. The Morgan fingerprint density at radius 3 is 3.12 bits per heavy atom. The minimum atomic E-state index is 0.107. The quantitative estimate of drug-likeness (QED) is 0.811. The van der Waals surface area contributed by atoms with Gasteiger partial charge in [0.05, 0.1) is 6.10 Å². The van der Waals surface area contributed by atoms with Gasteiger partial charge >= 0.3 is 0 Å². The summed E-state index contributed by atoms with van der Waals surface area (Å²) in [6, 6.07) is 0.107. The monoisotopic (exact) mass is 225 g/mol. The van der Waals surface area contributed by atoms with Gasteiger partial charge in [-0.25, -0.2) is 0 Å². The molecule has 1 aromatic rings. The molecule has 2 unspecified atom stereocenters. The molecule has 0 radical (unpaired) electrons. The molecule has 1 aromatic heterocycles. The smallest absolute Gasteiger partial charge is 0.228 e. The fraction of sp³-hybridized carbons (Fsp3) is 0.818. The molecule has 0 spiro atoms. The molecular weight excluding hydrogens is 206 g/mol. The van der Waals surface area contributed by atoms with E-state index in [1.54, 1.807) is 0 Å². The average Bonchev–Trinajstić information content (AvgIpc) is 2.91. The summed E-state index contributed by atoms with van der Waals surface area (Å²) < 4.78 is 10.7. The molecule has 0 amide bonds. The van der Waals surface area contributed by atoms with Gasteiger partial charge in [-0.1, -0.05) is 12.1 Å². The van der Waals surface area contributed by atoms with Gasteiger partial charge in [0.2, 0.25) is 5.89 Å². The molecule has 1 saturated heterocycles. The van der Waals surface area contributed by atoms with Crippen LogP contribution in [0.25, 0.3) is 0 Å². The second-order valence-corrected chi connectivity index (χ2v) is 4.32. The van der Waals surface area contributed by atoms with Crippen molar-refractivity contribution in [3.05, 3.63) is 11.7 Å². The summed E-state index contributed by atoms with van der Waals surface area (Å²) in [5.41, 5.74) is 5.83. The summed E-state index contributed by atoms with van der Waals surface area (Å²) in [7, 11) is 0. The third-order valence-electron chi connectivity index (χ3n) is 2.91. The molecule has 16 heavy (non-hydrogen) atoms. The van der Waals surface area contributed by atoms with E-state index in [-0.39, 0.29) is 12.1 Å². The van der Waals surface area contributed by atoms with Crippen molar-refractivity contribution < 1.29 is 9.26 Å². The maximum atomic E-state index is 5.83. The zero-order chi connectivity index (χ0) is 11.4. The largest absolute Gasteiger partial charge is 0.378 e. The highest BCUT2D eigenvalue weighted by atomic mass is 16.5. The second kappa shape index (κ2) is 5.41. The fourth-order valence-corrected chi connectivity index (χ4v) is 1.83. The van der Waals surface area contributed by atoms with Crippen molar-refractivity contribution in [3.63, 3.8) is 0 Å². The Morgan fingerprint density at radius 1 is 1.56 bits per heavy atom. The molecule has 5 heteroatoms. The molecule has 2 N–H and O–H groups in total. The molecule has 1 aliphatic rings. The van der Waals surface area contributed by atoms with Gasteiger partial charge in [0, 0.05) is 25.5 Å². The lowest BCUT2D eigenvalue weighted by Gasteiger charge is -2.04. The fourth-order valence-electron chi connectivity index (χ4n) is 1.83. The van der Waals surface area contributed by atoms with E-state index in [1.807, 2.05) is 6.92 Å². The first-order chi connectivity index (χ1) is 7.78. The van der Waals surface area contributed by atoms with Crippen LogP contribution in [0.15, 0.2) is 4.52 Å². The third kappa shape index (κ3) is 3.02. The van der Waals surface area contributed by atoms with E-state index < -0.39 is 0 Å². The van der Waals surface area contributed by atoms with Gasteiger partial charge in [-0.2, -0.15) is 4.98 Å². The highest BCUT2D eigenvalue weighted by Crippen LogP contribution is 2.15. The number of aromatic nitrogens is 2. The van der Waals surface area contributed by atoms with Crippen molar-refractivity contribution in [2.24, 2.45) is 5.73 Å². The predicted octanol–water partition coefficient (Wildman–Crippen LogP) is 1.07. The van der Waals surface area contributed by atoms with E-state index in [0.29, 0.717) is 12.3 Å². The van der Waals surface area contributed by atoms with E-state index >= 15 is 0 Å². The predicted molar refractivity (Wildman–Crippen MR) is 58.9 cm³/mol. The van der Waals surface area contributed by atoms with E-state index in [4.69, 9.17) is 15.0 Å². The Bertz CT molecular complexity index is 321. The van der Waals surface area contributed by atoms with Crippen LogP contribution in [0.5, 0.6) is 0 Å². The lowest BCUT2D eigenvalue weighted by molar-refractivity contribution is 0.109. The molecule has 1 fully saturated rings. The maximum Gasteiger partial charge on any atom is 0.228 e. The highest BCUT2D eigenvalue weighted by molar-refractivity contribution is 4.91. The van der Waals surface area contributed by atoms with Crippen molar-refractivity contribution in [1.29, 1.82) is 0 Å². The van der Waals surface area contributed by atoms with E-state index in [2.05, 4.69) is 10.1 Å². The number of hydrogen-bond donors (Lipinski definition) is 1. The summed E-state index contributed by atoms with van der Waals surface area (Å²) in [4.78, 5) is 4.32. The van der Waals surface area contributed by atoms with E-state index in [9.17, 15) is 0 Å². The standard InChI is InChI=1S/C11H19N3O2/c1-2-8(12)6-11-13-10(14-16-11)7-9-4-3-5-15-9/h8-9H,2-7,12H2,1H3. The molecule has 2 heterocycles. The zero-order valence-corrected chi connectivity index (χ0v) is 9.69. The van der Waals surface area contributed by atoms with Crippen LogP contribution in [0.1, 0.15) is 37.9 Å². The first kappa shape index (κ1) is 11.5. The molecule has 0 saturated carbocycles. The van der Waals surface area contributed by atoms with Gasteiger partial charge in [-0.3, -0.25) is 0 Å². The van der Waals surface area contributed by atoms with Crippen LogP contribution in [0.4, 0.5) is 0 Å². The normalized spacial score (nSPS) is 22.5. The summed E-state index contributed by atoms with van der Waals surface area (Å²) in [5, 5.41) is 3.95. The molecule has 2 atom stereocenters. The van der Waals surface area contributed by atoms with Crippen molar-refractivity contribution in [2.45, 2.75) is 51.2 Å². The topological polar surface area (TPSA) is 74.2 Å². The third-order valence-corrected chi connectivity index (χ3v) is 2.91. The average molecular weight is 225 g/mol. The SMILES string of the molecule is CCC(N)Cc1nc(CC2CCCO2)no1. The molecule has 0 aliphatic carbocycles. The molecular formula is C11H19N3O2. The van der Waals surface area contributed by atoms with Crippen molar-refractivity contribution in [1.82, 2.24) is 10.1 Å². The number of nitrogens with two attached hydrogens (primary N) is 1. The Balaban J connectivity index is 1.86. The molecule has 90 valence electrons. The van der Waals surface area contributed by atoms with Gasteiger partial charge in [-0.15, -0.1) is 0 Å². The van der Waals surface area contributed by atoms with Crippen LogP contribution in [-0.2, 0) is 17.6 Å². The van der Waals surface area contributed by atoms with E-state index in [1.165, 1.54) is 0 Å². The highest BCUT2D eigenvalue weighted by Gasteiger charge is 2.19. The van der Waals surface area contributed by atoms with Gasteiger partial charge in [0.15, 0.2) is 5.82 Å². The zero-order valence-electron chi connectivity index (χ0n) is 9.69. The Hall–Kier alpha value is -0.940. The lowest BCUT2D eigenvalue weighted by Crippen LogP contribution is -2.21. The molecule has 2 rings (SSSR count). The second-order valence-electron chi connectivity index (χ2n) is 4.32. The lowest BCUT2D eigenvalue weighted by atomic mass is 10.1. The van der Waals surface area contributed by atoms with Crippen molar-refractivity contribution >= 4 is 0 Å².